The first kappa shape index (κ1) is 19.8. The van der Waals surface area contributed by atoms with Gasteiger partial charge in [-0.25, -0.2) is 0 Å². The van der Waals surface area contributed by atoms with Crippen LogP contribution in [0.5, 0.6) is 5.75 Å². The highest BCUT2D eigenvalue weighted by Crippen LogP contribution is 2.69. The van der Waals surface area contributed by atoms with Gasteiger partial charge in [-0.1, -0.05) is 19.3 Å². The molecular weight excluding hydrogens is 363 g/mol. The van der Waals surface area contributed by atoms with Gasteiger partial charge in [0.1, 0.15) is 12.2 Å². The number of ether oxygens (including phenoxy) is 1. The normalized spacial score (nSPS) is 19.0. The largest absolute Gasteiger partial charge is 0.497 e. The molecule has 0 heterocycles. The Morgan fingerprint density at radius 2 is 1.75 bits per heavy atom. The number of sulfonamides is 1. The maximum absolute atomic E-state index is 12.9. The van der Waals surface area contributed by atoms with Gasteiger partial charge in [0, 0.05) is 5.66 Å². The first-order chi connectivity index (χ1) is 11.4. The Morgan fingerprint density at radius 1 is 1.17 bits per heavy atom. The molecule has 0 aromatic heterocycles. The van der Waals surface area contributed by atoms with Gasteiger partial charge in [0.2, 0.25) is 0 Å². The fourth-order valence-corrected chi connectivity index (χ4v) is 12.9. The molecule has 1 fully saturated rings. The van der Waals surface area contributed by atoms with Crippen molar-refractivity contribution in [3.05, 3.63) is 24.3 Å². The Morgan fingerprint density at radius 3 is 2.21 bits per heavy atom. The maximum atomic E-state index is 12.9. The quantitative estimate of drug-likeness (QED) is 0.661. The highest BCUT2D eigenvalue weighted by atomic mass is 32.7. The Bertz CT molecular complexity index is 697. The number of methoxy groups -OCH3 is 1. The lowest BCUT2D eigenvalue weighted by molar-refractivity contribution is 0.414. The van der Waals surface area contributed by atoms with Crippen molar-refractivity contribution in [2.24, 2.45) is 4.15 Å². The molecule has 136 valence electrons. The van der Waals surface area contributed by atoms with E-state index in [0.717, 1.165) is 12.8 Å². The van der Waals surface area contributed by atoms with Crippen LogP contribution in [0.15, 0.2) is 33.3 Å². The fraction of sp³-hybridized carbons (Fsp3) is 0.625. The van der Waals surface area contributed by atoms with Gasteiger partial charge in [0.25, 0.3) is 10.0 Å². The molecule has 1 unspecified atom stereocenters. The molecule has 5 nitrogen and oxygen atoms in total. The lowest BCUT2D eigenvalue weighted by atomic mass is 10.0. The molecule has 1 atom stereocenters. The van der Waals surface area contributed by atoms with Crippen molar-refractivity contribution in [2.45, 2.75) is 42.7 Å². The number of hydrogen-bond acceptors (Lipinski definition) is 4. The number of hydrogen-bond donors (Lipinski definition) is 0. The third-order valence-corrected chi connectivity index (χ3v) is 14.4. The van der Waals surface area contributed by atoms with Crippen molar-refractivity contribution in [3.8, 4) is 5.75 Å². The molecule has 0 aliphatic heterocycles. The van der Waals surface area contributed by atoms with Crippen LogP contribution in [0.1, 0.15) is 32.1 Å². The van der Waals surface area contributed by atoms with E-state index in [-0.39, 0.29) is 4.90 Å². The summed E-state index contributed by atoms with van der Waals surface area (Å²) in [6.07, 6.45) is 5.52. The fourth-order valence-electron chi connectivity index (χ4n) is 3.18. The molecule has 8 heteroatoms. The third kappa shape index (κ3) is 4.18. The molecule has 0 amide bonds. The van der Waals surface area contributed by atoms with E-state index in [1.807, 2.05) is 20.4 Å². The van der Waals surface area contributed by atoms with Gasteiger partial charge in [-0.15, -0.1) is 11.4 Å². The van der Waals surface area contributed by atoms with Crippen LogP contribution in [0.3, 0.4) is 0 Å². The molecule has 0 N–H and O–H groups in total. The molecule has 24 heavy (non-hydrogen) atoms. The van der Waals surface area contributed by atoms with E-state index in [1.54, 1.807) is 42.8 Å². The van der Waals surface area contributed by atoms with Gasteiger partial charge < -0.3 is 4.74 Å². The zero-order valence-electron chi connectivity index (χ0n) is 14.8. The number of nitrogens with zero attached hydrogens (tertiary/aromatic N) is 2. The minimum Gasteiger partial charge on any atom is -0.497 e. The van der Waals surface area contributed by atoms with E-state index >= 15 is 0 Å². The summed E-state index contributed by atoms with van der Waals surface area (Å²) in [7, 11) is 1.80. The molecule has 0 bridgehead atoms. The van der Waals surface area contributed by atoms with Crippen molar-refractivity contribution < 1.29 is 13.2 Å². The molecule has 1 aromatic rings. The molecule has 1 saturated carbocycles. The number of benzene rings is 1. The van der Waals surface area contributed by atoms with E-state index in [0.29, 0.717) is 11.4 Å². The standard InChI is InChI=1S/C16H27N2O3PS2/c1-18(2)22(23-4,15-8-6-5-7-9-15)17-24(19,20)16-12-10-14(21-3)11-13-16/h10-13,15H,5-9H2,1-4H3. The van der Waals surface area contributed by atoms with E-state index < -0.39 is 16.4 Å². The molecule has 1 aliphatic carbocycles. The Balaban J connectivity index is 2.50. The van der Waals surface area contributed by atoms with Crippen LogP contribution >= 0.6 is 17.8 Å². The van der Waals surface area contributed by atoms with Crippen LogP contribution in [0.25, 0.3) is 0 Å². The zero-order valence-corrected chi connectivity index (χ0v) is 17.3. The summed E-state index contributed by atoms with van der Waals surface area (Å²) in [5.74, 6) is 0.639. The lowest BCUT2D eigenvalue weighted by Crippen LogP contribution is -2.21. The van der Waals surface area contributed by atoms with Crippen LogP contribution in [0.2, 0.25) is 0 Å². The molecule has 1 aromatic carbocycles. The van der Waals surface area contributed by atoms with E-state index in [1.165, 1.54) is 19.3 Å². The topological polar surface area (TPSA) is 59.0 Å². The number of rotatable bonds is 6. The smallest absolute Gasteiger partial charge is 0.282 e. The van der Waals surface area contributed by atoms with Gasteiger partial charge in [-0.3, -0.25) is 4.67 Å². The molecular formula is C16H27N2O3PS2. The zero-order chi connectivity index (χ0) is 17.8. The van der Waals surface area contributed by atoms with Gasteiger partial charge in [-0.2, -0.15) is 12.6 Å². The average Bonchev–Trinajstić information content (AvgIpc) is 2.60. The van der Waals surface area contributed by atoms with E-state index in [9.17, 15) is 8.42 Å². The second-order valence-corrected chi connectivity index (χ2v) is 14.0. The van der Waals surface area contributed by atoms with Crippen LogP contribution in [0, 0.1) is 0 Å². The molecule has 2 rings (SSSR count). The van der Waals surface area contributed by atoms with Crippen LogP contribution in [-0.2, 0) is 10.0 Å². The Kier molecular flexibility index (Phi) is 6.82. The third-order valence-electron chi connectivity index (χ3n) is 4.47. The average molecular weight is 391 g/mol. The van der Waals surface area contributed by atoms with Crippen LogP contribution in [-0.4, -0.2) is 46.2 Å². The van der Waals surface area contributed by atoms with Crippen molar-refractivity contribution in [1.82, 2.24) is 4.67 Å². The first-order valence-corrected chi connectivity index (χ1v) is 13.1. The molecule has 1 aliphatic rings. The Labute approximate surface area is 150 Å². The minimum atomic E-state index is -3.69. The summed E-state index contributed by atoms with van der Waals surface area (Å²) in [4.78, 5) is 0.236. The summed E-state index contributed by atoms with van der Waals surface area (Å²) in [5.41, 5.74) is 0.351. The van der Waals surface area contributed by atoms with Gasteiger partial charge >= 0.3 is 0 Å². The van der Waals surface area contributed by atoms with E-state index in [2.05, 4.69) is 8.82 Å². The second-order valence-electron chi connectivity index (χ2n) is 6.14. The summed E-state index contributed by atoms with van der Waals surface area (Å²) in [5, 5.41) is 0. The maximum Gasteiger partial charge on any atom is 0.282 e. The van der Waals surface area contributed by atoms with Gasteiger partial charge in [-0.05, 0) is 57.5 Å². The minimum absolute atomic E-state index is 0.236. The molecule has 0 saturated heterocycles. The van der Waals surface area contributed by atoms with Crippen molar-refractivity contribution in [3.63, 3.8) is 0 Å². The first-order valence-electron chi connectivity index (χ1n) is 8.11. The van der Waals surface area contributed by atoms with Gasteiger partial charge in [0.15, 0.2) is 0 Å². The SMILES string of the molecule is COc1ccc(S(=O)(=O)N=P(SC)(C2CCCCC2)N(C)C)cc1. The second kappa shape index (κ2) is 8.26. The summed E-state index contributed by atoms with van der Waals surface area (Å²) >= 11 is 1.63. The van der Waals surface area contributed by atoms with Crippen LogP contribution < -0.4 is 4.74 Å². The highest BCUT2D eigenvalue weighted by molar-refractivity contribution is 8.58. The predicted molar refractivity (Wildman–Crippen MR) is 104 cm³/mol. The van der Waals surface area contributed by atoms with Crippen LogP contribution in [0.4, 0.5) is 0 Å². The summed E-state index contributed by atoms with van der Waals surface area (Å²) in [6, 6.07) is 6.47. The van der Waals surface area contributed by atoms with Crippen molar-refractivity contribution in [2.75, 3.05) is 27.5 Å². The Hall–Kier alpha value is -0.490. The predicted octanol–water partition coefficient (Wildman–Crippen LogP) is 4.67. The summed E-state index contributed by atoms with van der Waals surface area (Å²) < 4.78 is 37.6. The molecule has 0 spiro atoms. The van der Waals surface area contributed by atoms with Crippen molar-refractivity contribution >= 4 is 27.8 Å². The van der Waals surface area contributed by atoms with Crippen molar-refractivity contribution in [1.29, 1.82) is 0 Å². The monoisotopic (exact) mass is 390 g/mol. The molecule has 0 radical (unpaired) electrons. The summed E-state index contributed by atoms with van der Waals surface area (Å²) in [6.45, 7) is 0. The van der Waals surface area contributed by atoms with Gasteiger partial charge in [0.05, 0.1) is 12.0 Å². The highest BCUT2D eigenvalue weighted by Gasteiger charge is 2.35. The lowest BCUT2D eigenvalue weighted by Gasteiger charge is -2.38. The van der Waals surface area contributed by atoms with E-state index in [4.69, 9.17) is 4.74 Å².